The second-order valence-electron chi connectivity index (χ2n) is 6.04. The standard InChI is InChI=1S/C21H18O5/c1-12-4-8-14(9-5-12)16-18(22)19(26-21(16)24)17(20(23)25-3)15-10-6-13(2)7-11-15/h4-11,22H,1-3H3/b19-17-. The summed E-state index contributed by atoms with van der Waals surface area (Å²) in [4.78, 5) is 24.7. The lowest BCUT2D eigenvalue weighted by Gasteiger charge is -2.09. The van der Waals surface area contributed by atoms with Gasteiger partial charge in [-0.3, -0.25) is 0 Å². The van der Waals surface area contributed by atoms with Crippen molar-refractivity contribution in [2.75, 3.05) is 7.11 Å². The van der Waals surface area contributed by atoms with Crippen molar-refractivity contribution in [2.24, 2.45) is 0 Å². The molecule has 1 N–H and O–H groups in total. The SMILES string of the molecule is COC(=O)/C(=C1\OC(=O)C(c2ccc(C)cc2)=C1O)c1ccc(C)cc1. The minimum absolute atomic E-state index is 0.000427. The van der Waals surface area contributed by atoms with Crippen molar-refractivity contribution in [3.63, 3.8) is 0 Å². The van der Waals surface area contributed by atoms with E-state index in [2.05, 4.69) is 0 Å². The third-order valence-electron chi connectivity index (χ3n) is 4.15. The van der Waals surface area contributed by atoms with Crippen LogP contribution < -0.4 is 0 Å². The van der Waals surface area contributed by atoms with Crippen LogP contribution in [0.25, 0.3) is 11.1 Å². The van der Waals surface area contributed by atoms with E-state index < -0.39 is 11.9 Å². The zero-order valence-electron chi connectivity index (χ0n) is 14.7. The van der Waals surface area contributed by atoms with Gasteiger partial charge in [0.05, 0.1) is 7.11 Å². The van der Waals surface area contributed by atoms with E-state index in [1.807, 2.05) is 38.1 Å². The van der Waals surface area contributed by atoms with Gasteiger partial charge in [0.2, 0.25) is 0 Å². The first kappa shape index (κ1) is 17.5. The highest BCUT2D eigenvalue weighted by atomic mass is 16.6. The van der Waals surface area contributed by atoms with E-state index in [0.717, 1.165) is 11.1 Å². The topological polar surface area (TPSA) is 72.8 Å². The summed E-state index contributed by atoms with van der Waals surface area (Å²) in [5.74, 6) is -1.98. The number of esters is 2. The molecule has 132 valence electrons. The molecule has 1 aliphatic heterocycles. The summed E-state index contributed by atoms with van der Waals surface area (Å²) in [6.07, 6.45) is 0. The Hall–Kier alpha value is -3.34. The number of aryl methyl sites for hydroxylation is 2. The summed E-state index contributed by atoms with van der Waals surface area (Å²) in [7, 11) is 1.23. The third kappa shape index (κ3) is 3.11. The lowest BCUT2D eigenvalue weighted by atomic mass is 10.00. The van der Waals surface area contributed by atoms with Crippen LogP contribution in [-0.2, 0) is 19.1 Å². The first-order chi connectivity index (χ1) is 12.4. The molecule has 2 aromatic rings. The quantitative estimate of drug-likeness (QED) is 0.675. The molecule has 5 nitrogen and oxygen atoms in total. The van der Waals surface area contributed by atoms with E-state index in [1.165, 1.54) is 7.11 Å². The fraction of sp³-hybridized carbons (Fsp3) is 0.143. The van der Waals surface area contributed by atoms with Gasteiger partial charge >= 0.3 is 11.9 Å². The Bertz CT molecular complexity index is 931. The Kier molecular flexibility index (Phi) is 4.63. The normalized spacial score (nSPS) is 15.7. The van der Waals surface area contributed by atoms with Crippen molar-refractivity contribution in [1.82, 2.24) is 0 Å². The molecule has 3 rings (SSSR count). The van der Waals surface area contributed by atoms with Crippen molar-refractivity contribution >= 4 is 23.1 Å². The van der Waals surface area contributed by atoms with Gasteiger partial charge in [0, 0.05) is 0 Å². The molecule has 2 aromatic carbocycles. The van der Waals surface area contributed by atoms with Gasteiger partial charge in [-0.05, 0) is 25.0 Å². The number of carbonyl (C=O) groups is 2. The number of rotatable bonds is 3. The number of aliphatic hydroxyl groups is 1. The summed E-state index contributed by atoms with van der Waals surface area (Å²) in [5.41, 5.74) is 3.05. The zero-order valence-corrected chi connectivity index (χ0v) is 14.7. The summed E-state index contributed by atoms with van der Waals surface area (Å²) < 4.78 is 10.1. The van der Waals surface area contributed by atoms with Crippen LogP contribution in [0.2, 0.25) is 0 Å². The Balaban J connectivity index is 2.20. The molecule has 0 atom stereocenters. The highest BCUT2D eigenvalue weighted by molar-refractivity contribution is 6.25. The molecule has 1 aliphatic rings. The predicted octanol–water partition coefficient (Wildman–Crippen LogP) is 3.71. The van der Waals surface area contributed by atoms with Gasteiger partial charge in [0.25, 0.3) is 0 Å². The number of aliphatic hydroxyl groups excluding tert-OH is 1. The van der Waals surface area contributed by atoms with E-state index >= 15 is 0 Å². The van der Waals surface area contributed by atoms with Crippen LogP contribution in [0.3, 0.4) is 0 Å². The van der Waals surface area contributed by atoms with Gasteiger partial charge < -0.3 is 14.6 Å². The summed E-state index contributed by atoms with van der Waals surface area (Å²) in [6, 6.07) is 14.1. The van der Waals surface area contributed by atoms with Crippen molar-refractivity contribution in [3.8, 4) is 0 Å². The van der Waals surface area contributed by atoms with E-state index in [0.29, 0.717) is 11.1 Å². The monoisotopic (exact) mass is 350 g/mol. The van der Waals surface area contributed by atoms with Gasteiger partial charge in [0.1, 0.15) is 11.1 Å². The van der Waals surface area contributed by atoms with Crippen LogP contribution >= 0.6 is 0 Å². The van der Waals surface area contributed by atoms with Crippen molar-refractivity contribution in [3.05, 3.63) is 82.3 Å². The Labute approximate surface area is 151 Å². The fourth-order valence-electron chi connectivity index (χ4n) is 2.71. The van der Waals surface area contributed by atoms with E-state index in [4.69, 9.17) is 9.47 Å². The predicted molar refractivity (Wildman–Crippen MR) is 96.9 cm³/mol. The Morgan fingerprint density at radius 3 is 2.04 bits per heavy atom. The van der Waals surface area contributed by atoms with Crippen molar-refractivity contribution in [2.45, 2.75) is 13.8 Å². The largest absolute Gasteiger partial charge is 0.504 e. The highest BCUT2D eigenvalue weighted by Gasteiger charge is 2.36. The smallest absolute Gasteiger partial charge is 0.348 e. The second kappa shape index (κ2) is 6.88. The van der Waals surface area contributed by atoms with Crippen LogP contribution in [0, 0.1) is 13.8 Å². The first-order valence-electron chi connectivity index (χ1n) is 8.05. The van der Waals surface area contributed by atoms with Crippen LogP contribution in [0.15, 0.2) is 60.0 Å². The molecular weight excluding hydrogens is 332 g/mol. The van der Waals surface area contributed by atoms with Crippen molar-refractivity contribution in [1.29, 1.82) is 0 Å². The maximum Gasteiger partial charge on any atom is 0.348 e. The number of ether oxygens (including phenoxy) is 2. The number of hydrogen-bond acceptors (Lipinski definition) is 5. The lowest BCUT2D eigenvalue weighted by molar-refractivity contribution is -0.134. The number of cyclic esters (lactones) is 1. The van der Waals surface area contributed by atoms with Crippen molar-refractivity contribution < 1.29 is 24.2 Å². The van der Waals surface area contributed by atoms with Crippen LogP contribution in [-0.4, -0.2) is 24.2 Å². The molecule has 0 bridgehead atoms. The van der Waals surface area contributed by atoms with Gasteiger partial charge in [-0.2, -0.15) is 0 Å². The average molecular weight is 350 g/mol. The molecule has 26 heavy (non-hydrogen) atoms. The Morgan fingerprint density at radius 2 is 1.50 bits per heavy atom. The molecule has 0 spiro atoms. The minimum Gasteiger partial charge on any atom is -0.504 e. The second-order valence-corrected chi connectivity index (χ2v) is 6.04. The highest BCUT2D eigenvalue weighted by Crippen LogP contribution is 2.36. The summed E-state index contributed by atoms with van der Waals surface area (Å²) >= 11 is 0. The molecule has 0 saturated carbocycles. The molecule has 0 radical (unpaired) electrons. The maximum atomic E-state index is 12.4. The van der Waals surface area contributed by atoms with Crippen LogP contribution in [0.5, 0.6) is 0 Å². The molecular formula is C21H18O5. The molecule has 5 heteroatoms. The summed E-state index contributed by atoms with van der Waals surface area (Å²) in [5, 5.41) is 10.6. The Morgan fingerprint density at radius 1 is 0.962 bits per heavy atom. The third-order valence-corrected chi connectivity index (χ3v) is 4.15. The van der Waals surface area contributed by atoms with Gasteiger partial charge in [0.15, 0.2) is 11.5 Å². The molecule has 0 fully saturated rings. The molecule has 0 amide bonds. The number of hydrogen-bond donors (Lipinski definition) is 1. The van der Waals surface area contributed by atoms with Gasteiger partial charge in [-0.25, -0.2) is 9.59 Å². The molecule has 1 heterocycles. The van der Waals surface area contributed by atoms with E-state index in [-0.39, 0.29) is 22.7 Å². The fourth-order valence-corrected chi connectivity index (χ4v) is 2.71. The minimum atomic E-state index is -0.713. The van der Waals surface area contributed by atoms with Gasteiger partial charge in [-0.15, -0.1) is 0 Å². The molecule has 0 saturated heterocycles. The number of methoxy groups -OCH3 is 1. The number of carbonyl (C=O) groups excluding carboxylic acids is 2. The van der Waals surface area contributed by atoms with E-state index in [1.54, 1.807) is 24.3 Å². The molecule has 0 aliphatic carbocycles. The van der Waals surface area contributed by atoms with Gasteiger partial charge in [-0.1, -0.05) is 59.7 Å². The zero-order chi connectivity index (χ0) is 18.8. The van der Waals surface area contributed by atoms with Crippen LogP contribution in [0.4, 0.5) is 0 Å². The van der Waals surface area contributed by atoms with E-state index in [9.17, 15) is 14.7 Å². The molecule has 0 unspecified atom stereocenters. The molecule has 0 aromatic heterocycles. The number of benzene rings is 2. The van der Waals surface area contributed by atoms with Crippen LogP contribution in [0.1, 0.15) is 22.3 Å². The lowest BCUT2D eigenvalue weighted by Crippen LogP contribution is -2.09. The average Bonchev–Trinajstić information content (AvgIpc) is 2.92. The first-order valence-corrected chi connectivity index (χ1v) is 8.05. The maximum absolute atomic E-state index is 12.4. The summed E-state index contributed by atoms with van der Waals surface area (Å²) in [6.45, 7) is 3.83.